The number of hydrogen-bond donors (Lipinski definition) is 3. The molecule has 0 bridgehead atoms. The molecular formula is C25H25BrN4O5S. The van der Waals surface area contributed by atoms with Gasteiger partial charge in [-0.15, -0.1) is 0 Å². The summed E-state index contributed by atoms with van der Waals surface area (Å²) >= 11 is 3.29. The van der Waals surface area contributed by atoms with Crippen molar-refractivity contribution >= 4 is 49.7 Å². The number of amides is 2. The first-order valence-corrected chi connectivity index (χ1v) is 13.1. The summed E-state index contributed by atoms with van der Waals surface area (Å²) in [5.41, 5.74) is 4.06. The molecule has 0 aliphatic rings. The first-order valence-electron chi connectivity index (χ1n) is 10.9. The Kier molecular flexibility index (Phi) is 9.34. The lowest BCUT2D eigenvalue weighted by molar-refractivity contribution is -0.121. The minimum atomic E-state index is -4.04. The van der Waals surface area contributed by atoms with E-state index in [4.69, 9.17) is 0 Å². The second-order valence-corrected chi connectivity index (χ2v) is 10.6. The smallest absolute Gasteiger partial charge is 0.255 e. The Labute approximate surface area is 218 Å². The van der Waals surface area contributed by atoms with Crippen LogP contribution in [0.5, 0.6) is 5.75 Å². The normalized spacial score (nSPS) is 11.5. The third-order valence-electron chi connectivity index (χ3n) is 5.01. The van der Waals surface area contributed by atoms with E-state index in [0.717, 1.165) is 14.3 Å². The van der Waals surface area contributed by atoms with Crippen LogP contribution in [-0.2, 0) is 26.0 Å². The maximum Gasteiger partial charge on any atom is 0.255 e. The number of halogens is 1. The number of anilines is 1. The first kappa shape index (κ1) is 27.1. The van der Waals surface area contributed by atoms with Crippen molar-refractivity contribution in [1.82, 2.24) is 9.73 Å². The molecule has 0 aromatic heterocycles. The van der Waals surface area contributed by atoms with Crippen LogP contribution < -0.4 is 10.7 Å². The van der Waals surface area contributed by atoms with E-state index in [2.05, 4.69) is 31.8 Å². The lowest BCUT2D eigenvalue weighted by Gasteiger charge is -2.21. The molecule has 0 heterocycles. The summed E-state index contributed by atoms with van der Waals surface area (Å²) in [5.74, 6) is -0.943. The fourth-order valence-electron chi connectivity index (χ4n) is 3.24. The molecule has 0 unspecified atom stereocenters. The van der Waals surface area contributed by atoms with Crippen molar-refractivity contribution in [2.45, 2.75) is 18.2 Å². The van der Waals surface area contributed by atoms with Crippen molar-refractivity contribution in [3.63, 3.8) is 0 Å². The lowest BCUT2D eigenvalue weighted by atomic mass is 10.1. The minimum absolute atomic E-state index is 0.0139. The summed E-state index contributed by atoms with van der Waals surface area (Å²) in [6.45, 7) is 0.947. The van der Waals surface area contributed by atoms with E-state index < -0.39 is 22.5 Å². The molecule has 36 heavy (non-hydrogen) atoms. The summed E-state index contributed by atoms with van der Waals surface area (Å²) in [5, 5.41) is 16.3. The van der Waals surface area contributed by atoms with E-state index in [1.165, 1.54) is 43.5 Å². The van der Waals surface area contributed by atoms with Gasteiger partial charge in [0, 0.05) is 29.2 Å². The standard InChI is InChI=1S/C25H25BrN4O5S/c1-18(31)28-22-8-10-23(11-9-22)36(34,35)30(14-13-19-5-3-2-4-6-19)17-25(33)29-27-16-20-15-21(26)7-12-24(20)32/h2-12,15-16,32H,13-14,17H2,1H3,(H,28,31)(H,29,33)/b27-16-. The van der Waals surface area contributed by atoms with Crippen LogP contribution in [0.15, 0.2) is 87.3 Å². The predicted molar refractivity (Wildman–Crippen MR) is 141 cm³/mol. The van der Waals surface area contributed by atoms with Gasteiger partial charge in [-0.25, -0.2) is 13.8 Å². The van der Waals surface area contributed by atoms with Gasteiger partial charge in [-0.2, -0.15) is 9.41 Å². The summed E-state index contributed by atoms with van der Waals surface area (Å²) in [6, 6.07) is 19.8. The van der Waals surface area contributed by atoms with E-state index in [9.17, 15) is 23.1 Å². The molecule has 0 atom stereocenters. The molecule has 0 aliphatic carbocycles. The van der Waals surface area contributed by atoms with Gasteiger partial charge in [-0.05, 0) is 54.4 Å². The Morgan fingerprint density at radius 3 is 2.42 bits per heavy atom. The molecule has 3 aromatic carbocycles. The fraction of sp³-hybridized carbons (Fsp3) is 0.160. The van der Waals surface area contributed by atoms with E-state index in [-0.39, 0.29) is 23.1 Å². The maximum atomic E-state index is 13.4. The van der Waals surface area contributed by atoms with Crippen LogP contribution in [0.2, 0.25) is 0 Å². The molecule has 3 aromatic rings. The first-order chi connectivity index (χ1) is 17.1. The Hall–Kier alpha value is -3.54. The third kappa shape index (κ3) is 7.74. The average molecular weight is 573 g/mol. The highest BCUT2D eigenvalue weighted by molar-refractivity contribution is 9.10. The van der Waals surface area contributed by atoms with Crippen molar-refractivity contribution in [3.8, 4) is 5.75 Å². The molecule has 0 saturated heterocycles. The van der Waals surface area contributed by atoms with E-state index in [1.807, 2.05) is 30.3 Å². The van der Waals surface area contributed by atoms with Gasteiger partial charge in [-0.3, -0.25) is 9.59 Å². The molecule has 3 N–H and O–H groups in total. The molecule has 0 fully saturated rings. The number of hydrazone groups is 1. The number of aromatic hydroxyl groups is 1. The number of phenols is 1. The highest BCUT2D eigenvalue weighted by Gasteiger charge is 2.26. The van der Waals surface area contributed by atoms with Gasteiger partial charge >= 0.3 is 0 Å². The molecule has 2 amide bonds. The van der Waals surface area contributed by atoms with Crippen LogP contribution in [0, 0.1) is 0 Å². The number of nitrogens with zero attached hydrogens (tertiary/aromatic N) is 2. The number of phenolic OH excluding ortho intramolecular Hbond substituents is 1. The molecule has 9 nitrogen and oxygen atoms in total. The Morgan fingerprint density at radius 2 is 1.75 bits per heavy atom. The zero-order valence-electron chi connectivity index (χ0n) is 19.4. The zero-order valence-corrected chi connectivity index (χ0v) is 21.8. The quantitative estimate of drug-likeness (QED) is 0.253. The lowest BCUT2D eigenvalue weighted by Crippen LogP contribution is -2.40. The van der Waals surface area contributed by atoms with Gasteiger partial charge in [-0.1, -0.05) is 46.3 Å². The maximum absolute atomic E-state index is 13.4. The van der Waals surface area contributed by atoms with Gasteiger partial charge in [0.1, 0.15) is 5.75 Å². The van der Waals surface area contributed by atoms with E-state index in [1.54, 1.807) is 12.1 Å². The Bertz CT molecular complexity index is 1350. The molecule has 0 aliphatic heterocycles. The summed E-state index contributed by atoms with van der Waals surface area (Å²) in [7, 11) is -4.04. The Balaban J connectivity index is 1.77. The van der Waals surface area contributed by atoms with Crippen molar-refractivity contribution in [2.75, 3.05) is 18.4 Å². The van der Waals surface area contributed by atoms with Crippen molar-refractivity contribution < 1.29 is 23.1 Å². The van der Waals surface area contributed by atoms with Crippen LogP contribution >= 0.6 is 15.9 Å². The topological polar surface area (TPSA) is 128 Å². The van der Waals surface area contributed by atoms with E-state index in [0.29, 0.717) is 17.7 Å². The zero-order chi connectivity index (χ0) is 26.1. The van der Waals surface area contributed by atoms with Crippen molar-refractivity contribution in [1.29, 1.82) is 0 Å². The average Bonchev–Trinajstić information content (AvgIpc) is 2.84. The van der Waals surface area contributed by atoms with Gasteiger partial charge in [0.2, 0.25) is 15.9 Å². The highest BCUT2D eigenvalue weighted by atomic mass is 79.9. The summed E-state index contributed by atoms with van der Waals surface area (Å²) in [4.78, 5) is 23.8. The number of sulfonamides is 1. The Morgan fingerprint density at radius 1 is 1.06 bits per heavy atom. The highest BCUT2D eigenvalue weighted by Crippen LogP contribution is 2.21. The predicted octanol–water partition coefficient (Wildman–Crippen LogP) is 3.50. The summed E-state index contributed by atoms with van der Waals surface area (Å²) < 4.78 is 28.6. The molecule has 0 radical (unpaired) electrons. The molecule has 188 valence electrons. The minimum Gasteiger partial charge on any atom is -0.507 e. The van der Waals surface area contributed by atoms with Gasteiger partial charge < -0.3 is 10.4 Å². The van der Waals surface area contributed by atoms with E-state index >= 15 is 0 Å². The number of carbonyl (C=O) groups excluding carboxylic acids is 2. The van der Waals surface area contributed by atoms with Crippen LogP contribution in [-0.4, -0.2) is 48.9 Å². The van der Waals surface area contributed by atoms with Crippen molar-refractivity contribution in [2.24, 2.45) is 5.10 Å². The largest absolute Gasteiger partial charge is 0.507 e. The number of carbonyl (C=O) groups is 2. The number of rotatable bonds is 10. The second-order valence-electron chi connectivity index (χ2n) is 7.78. The summed E-state index contributed by atoms with van der Waals surface area (Å²) in [6.07, 6.45) is 1.66. The van der Waals surface area contributed by atoms with Gasteiger partial charge in [0.25, 0.3) is 5.91 Å². The molecule has 0 saturated carbocycles. The monoisotopic (exact) mass is 572 g/mol. The van der Waals surface area contributed by atoms with Gasteiger partial charge in [0.05, 0.1) is 17.7 Å². The van der Waals surface area contributed by atoms with Crippen LogP contribution in [0.4, 0.5) is 5.69 Å². The third-order valence-corrected chi connectivity index (χ3v) is 7.36. The van der Waals surface area contributed by atoms with Crippen molar-refractivity contribution in [3.05, 3.63) is 88.4 Å². The molecule has 11 heteroatoms. The number of hydrogen-bond acceptors (Lipinski definition) is 6. The molecule has 3 rings (SSSR count). The molecule has 0 spiro atoms. The fourth-order valence-corrected chi connectivity index (χ4v) is 5.02. The van der Waals surface area contributed by atoms with Crippen LogP contribution in [0.1, 0.15) is 18.1 Å². The SMILES string of the molecule is CC(=O)Nc1ccc(S(=O)(=O)N(CCc2ccccc2)CC(=O)N/N=C\c2cc(Br)ccc2O)cc1. The molecular weight excluding hydrogens is 548 g/mol. The van der Waals surface area contributed by atoms with Crippen LogP contribution in [0.3, 0.4) is 0 Å². The number of nitrogens with one attached hydrogen (secondary N) is 2. The number of benzene rings is 3. The second kappa shape index (κ2) is 12.4. The van der Waals surface area contributed by atoms with Crippen LogP contribution in [0.25, 0.3) is 0 Å². The van der Waals surface area contributed by atoms with Gasteiger partial charge in [0.15, 0.2) is 0 Å².